The Labute approximate surface area is 142 Å². The summed E-state index contributed by atoms with van der Waals surface area (Å²) in [6, 6.07) is 9.73. The number of benzene rings is 1. The van der Waals surface area contributed by atoms with E-state index < -0.39 is 0 Å². The zero-order valence-electron chi connectivity index (χ0n) is 13.5. The van der Waals surface area contributed by atoms with Gasteiger partial charge in [0, 0.05) is 11.9 Å². The molecular formula is C17H15N5OS. The van der Waals surface area contributed by atoms with Crippen molar-refractivity contribution in [1.82, 2.24) is 24.1 Å². The van der Waals surface area contributed by atoms with Crippen molar-refractivity contribution in [3.63, 3.8) is 0 Å². The fourth-order valence-electron chi connectivity index (χ4n) is 2.76. The average Bonchev–Trinajstić information content (AvgIpc) is 2.99. The smallest absolute Gasteiger partial charge is 0.266 e. The van der Waals surface area contributed by atoms with Crippen molar-refractivity contribution in [1.29, 1.82) is 0 Å². The van der Waals surface area contributed by atoms with E-state index in [4.69, 9.17) is 0 Å². The Bertz CT molecular complexity index is 1130. The first-order chi connectivity index (χ1) is 11.6. The third-order valence-corrected chi connectivity index (χ3v) is 4.53. The number of pyridine rings is 1. The summed E-state index contributed by atoms with van der Waals surface area (Å²) in [5.41, 5.74) is 3.25. The monoisotopic (exact) mass is 337 g/mol. The summed E-state index contributed by atoms with van der Waals surface area (Å²) in [5.74, 6) is 0.511. The van der Waals surface area contributed by atoms with Gasteiger partial charge >= 0.3 is 0 Å². The van der Waals surface area contributed by atoms with Crippen LogP contribution >= 0.6 is 11.8 Å². The van der Waals surface area contributed by atoms with Crippen LogP contribution in [0.4, 0.5) is 0 Å². The number of hydrogen-bond donors (Lipinski definition) is 0. The molecular weight excluding hydrogens is 322 g/mol. The lowest BCUT2D eigenvalue weighted by molar-refractivity contribution is 0.901. The Kier molecular flexibility index (Phi) is 3.38. The van der Waals surface area contributed by atoms with Crippen LogP contribution in [0, 0.1) is 13.8 Å². The quantitative estimate of drug-likeness (QED) is 0.526. The summed E-state index contributed by atoms with van der Waals surface area (Å²) in [6.45, 7) is 3.85. The van der Waals surface area contributed by atoms with Crippen LogP contribution in [-0.2, 0) is 0 Å². The molecule has 0 saturated carbocycles. The number of fused-ring (bicyclic) bond motifs is 3. The summed E-state index contributed by atoms with van der Waals surface area (Å²) in [7, 11) is 0. The molecule has 0 spiro atoms. The zero-order valence-corrected chi connectivity index (χ0v) is 14.3. The molecule has 0 radical (unpaired) electrons. The lowest BCUT2D eigenvalue weighted by Gasteiger charge is -2.09. The minimum Gasteiger partial charge on any atom is -0.284 e. The maximum atomic E-state index is 13.0. The molecule has 0 amide bonds. The maximum Gasteiger partial charge on any atom is 0.266 e. The first-order valence-corrected chi connectivity index (χ1v) is 8.71. The topological polar surface area (TPSA) is 65.1 Å². The molecule has 0 N–H and O–H groups in total. The van der Waals surface area contributed by atoms with Crippen molar-refractivity contribution in [2.45, 2.75) is 19.0 Å². The molecule has 3 aromatic heterocycles. The SMILES string of the molecule is CSc1nc2nc(C)c3c(=O)n(-c4ccc(C)cc4)ccc3n2n1. The summed E-state index contributed by atoms with van der Waals surface area (Å²) in [6.07, 6.45) is 3.68. The largest absolute Gasteiger partial charge is 0.284 e. The zero-order chi connectivity index (χ0) is 16.8. The molecule has 0 unspecified atom stereocenters. The minimum atomic E-state index is -0.107. The highest BCUT2D eigenvalue weighted by molar-refractivity contribution is 7.98. The molecule has 4 aromatic rings. The van der Waals surface area contributed by atoms with E-state index in [2.05, 4.69) is 15.1 Å². The van der Waals surface area contributed by atoms with Gasteiger partial charge in [0.25, 0.3) is 11.3 Å². The number of thioether (sulfide) groups is 1. The van der Waals surface area contributed by atoms with Crippen LogP contribution in [0.25, 0.3) is 22.4 Å². The fraction of sp³-hybridized carbons (Fsp3) is 0.176. The molecule has 3 heterocycles. The Morgan fingerprint density at radius 1 is 1.04 bits per heavy atom. The van der Waals surface area contributed by atoms with Gasteiger partial charge in [0.1, 0.15) is 0 Å². The van der Waals surface area contributed by atoms with E-state index in [1.165, 1.54) is 11.8 Å². The molecule has 7 heteroatoms. The summed E-state index contributed by atoms with van der Waals surface area (Å²) < 4.78 is 3.27. The second-order valence-corrected chi connectivity index (χ2v) is 6.37. The Morgan fingerprint density at radius 2 is 1.79 bits per heavy atom. The van der Waals surface area contributed by atoms with Gasteiger partial charge in [-0.05, 0) is 38.3 Å². The van der Waals surface area contributed by atoms with Gasteiger partial charge in [0.2, 0.25) is 5.16 Å². The predicted octanol–water partition coefficient (Wildman–Crippen LogP) is 2.77. The lowest BCUT2D eigenvalue weighted by atomic mass is 10.2. The van der Waals surface area contributed by atoms with Gasteiger partial charge in [0.15, 0.2) is 0 Å². The van der Waals surface area contributed by atoms with Gasteiger partial charge in [-0.25, -0.2) is 4.98 Å². The van der Waals surface area contributed by atoms with Crippen LogP contribution in [0.1, 0.15) is 11.3 Å². The third-order valence-electron chi connectivity index (χ3n) is 3.99. The van der Waals surface area contributed by atoms with Gasteiger partial charge in [0.05, 0.1) is 16.6 Å². The second-order valence-electron chi connectivity index (χ2n) is 5.59. The molecule has 6 nitrogen and oxygen atoms in total. The summed E-state index contributed by atoms with van der Waals surface area (Å²) in [4.78, 5) is 21.8. The fourth-order valence-corrected chi connectivity index (χ4v) is 3.10. The van der Waals surface area contributed by atoms with E-state index in [-0.39, 0.29) is 5.56 Å². The maximum absolute atomic E-state index is 13.0. The first kappa shape index (κ1) is 14.9. The van der Waals surface area contributed by atoms with Crippen LogP contribution in [0.3, 0.4) is 0 Å². The average molecular weight is 337 g/mol. The van der Waals surface area contributed by atoms with Gasteiger partial charge in [-0.15, -0.1) is 5.10 Å². The predicted molar refractivity (Wildman–Crippen MR) is 95.1 cm³/mol. The Balaban J connectivity index is 2.05. The van der Waals surface area contributed by atoms with Crippen LogP contribution in [0.5, 0.6) is 0 Å². The molecule has 24 heavy (non-hydrogen) atoms. The van der Waals surface area contributed by atoms with E-state index in [1.54, 1.807) is 15.3 Å². The van der Waals surface area contributed by atoms with E-state index in [0.717, 1.165) is 16.8 Å². The Hall–Kier alpha value is -2.67. The van der Waals surface area contributed by atoms with Gasteiger partial charge in [-0.3, -0.25) is 9.36 Å². The highest BCUT2D eigenvalue weighted by Crippen LogP contribution is 2.18. The van der Waals surface area contributed by atoms with Crippen molar-refractivity contribution >= 4 is 28.4 Å². The van der Waals surface area contributed by atoms with Gasteiger partial charge in [-0.2, -0.15) is 9.50 Å². The van der Waals surface area contributed by atoms with Crippen LogP contribution in [0.2, 0.25) is 0 Å². The molecule has 0 aliphatic carbocycles. The minimum absolute atomic E-state index is 0.107. The van der Waals surface area contributed by atoms with Crippen LogP contribution in [-0.4, -0.2) is 30.4 Å². The van der Waals surface area contributed by atoms with Crippen molar-refractivity contribution in [2.24, 2.45) is 0 Å². The van der Waals surface area contributed by atoms with Crippen molar-refractivity contribution < 1.29 is 0 Å². The number of aryl methyl sites for hydroxylation is 2. The van der Waals surface area contributed by atoms with Crippen LogP contribution < -0.4 is 5.56 Å². The standard InChI is InChI=1S/C17H15N5OS/c1-10-4-6-12(7-5-10)21-9-8-13-14(15(21)23)11(2)18-16-19-17(24-3)20-22(13)16/h4-9H,1-3H3. The van der Waals surface area contributed by atoms with E-state index in [0.29, 0.717) is 22.0 Å². The molecule has 120 valence electrons. The number of rotatable bonds is 2. The normalized spacial score (nSPS) is 11.5. The highest BCUT2D eigenvalue weighted by atomic mass is 32.2. The molecule has 0 saturated heterocycles. The second kappa shape index (κ2) is 5.45. The van der Waals surface area contributed by atoms with E-state index in [9.17, 15) is 4.79 Å². The van der Waals surface area contributed by atoms with E-state index in [1.807, 2.05) is 50.4 Å². The van der Waals surface area contributed by atoms with Crippen molar-refractivity contribution in [3.05, 3.63) is 58.1 Å². The highest BCUT2D eigenvalue weighted by Gasteiger charge is 2.14. The van der Waals surface area contributed by atoms with Gasteiger partial charge < -0.3 is 0 Å². The van der Waals surface area contributed by atoms with Crippen molar-refractivity contribution in [2.75, 3.05) is 6.26 Å². The first-order valence-electron chi connectivity index (χ1n) is 7.48. The number of hydrogen-bond acceptors (Lipinski definition) is 5. The molecule has 1 aromatic carbocycles. The number of nitrogens with zero attached hydrogens (tertiary/aromatic N) is 5. The summed E-state index contributed by atoms with van der Waals surface area (Å²) >= 11 is 1.45. The Morgan fingerprint density at radius 3 is 2.50 bits per heavy atom. The molecule has 0 atom stereocenters. The molecule has 4 rings (SSSR count). The molecule has 0 aliphatic rings. The molecule has 0 fully saturated rings. The third kappa shape index (κ3) is 2.20. The number of aromatic nitrogens is 5. The molecule has 0 aliphatic heterocycles. The van der Waals surface area contributed by atoms with Gasteiger partial charge in [-0.1, -0.05) is 29.5 Å². The van der Waals surface area contributed by atoms with Crippen molar-refractivity contribution in [3.8, 4) is 5.69 Å². The molecule has 0 bridgehead atoms. The van der Waals surface area contributed by atoms with Crippen LogP contribution in [0.15, 0.2) is 46.5 Å². The summed E-state index contributed by atoms with van der Waals surface area (Å²) in [5, 5.41) is 5.61. The lowest BCUT2D eigenvalue weighted by Crippen LogP contribution is -2.20. The van der Waals surface area contributed by atoms with E-state index >= 15 is 0 Å².